The third kappa shape index (κ3) is 6.02. The zero-order valence-electron chi connectivity index (χ0n) is 17.1. The van der Waals surface area contributed by atoms with E-state index in [1.807, 2.05) is 30.5 Å². The molecule has 0 aromatic carbocycles. The highest BCUT2D eigenvalue weighted by Crippen LogP contribution is 2.33. The van der Waals surface area contributed by atoms with Crippen LogP contribution in [0.2, 0.25) is 0 Å². The number of carboxylic acids is 1. The lowest BCUT2D eigenvalue weighted by molar-refractivity contribution is -0.192. The van der Waals surface area contributed by atoms with Crippen LogP contribution in [0.4, 0.5) is 13.2 Å². The van der Waals surface area contributed by atoms with E-state index >= 15 is 0 Å². The van der Waals surface area contributed by atoms with Crippen molar-refractivity contribution in [3.63, 3.8) is 0 Å². The number of nitrogens with two attached hydrogens (primary N) is 1. The zero-order chi connectivity index (χ0) is 23.5. The van der Waals surface area contributed by atoms with Crippen LogP contribution in [0.5, 0.6) is 0 Å². The topological polar surface area (TPSA) is 109 Å². The Labute approximate surface area is 189 Å². The molecule has 32 heavy (non-hydrogen) atoms. The SMILES string of the molecule is Cc1nc(C2CCN(Cc3cc4ncccc4s3)CC2)sc1C(N)=O.O=C(O)C(F)(F)F. The van der Waals surface area contributed by atoms with Gasteiger partial charge in [0.2, 0.25) is 0 Å². The second kappa shape index (κ2) is 9.92. The summed E-state index contributed by atoms with van der Waals surface area (Å²) in [6, 6.07) is 6.32. The maximum absolute atomic E-state index is 11.4. The smallest absolute Gasteiger partial charge is 0.475 e. The van der Waals surface area contributed by atoms with Crippen LogP contribution < -0.4 is 5.73 Å². The number of hydrogen-bond donors (Lipinski definition) is 2. The molecule has 0 unspecified atom stereocenters. The number of thiophene rings is 1. The molecule has 3 N–H and O–H groups in total. The van der Waals surface area contributed by atoms with Gasteiger partial charge in [-0.05, 0) is 51.1 Å². The van der Waals surface area contributed by atoms with Gasteiger partial charge in [-0.2, -0.15) is 13.2 Å². The van der Waals surface area contributed by atoms with Crippen molar-refractivity contribution >= 4 is 44.8 Å². The van der Waals surface area contributed by atoms with Gasteiger partial charge >= 0.3 is 12.1 Å². The van der Waals surface area contributed by atoms with Gasteiger partial charge in [-0.25, -0.2) is 9.78 Å². The number of carbonyl (C=O) groups is 2. The number of aryl methyl sites for hydroxylation is 1. The number of alkyl halides is 3. The number of carbonyl (C=O) groups excluding carboxylic acids is 1. The number of likely N-dealkylation sites (tertiary alicyclic amines) is 1. The summed E-state index contributed by atoms with van der Waals surface area (Å²) in [4.78, 5) is 33.8. The Hall–Kier alpha value is -2.57. The predicted octanol–water partition coefficient (Wildman–Crippen LogP) is 4.17. The van der Waals surface area contributed by atoms with Crippen LogP contribution in [0.25, 0.3) is 10.2 Å². The van der Waals surface area contributed by atoms with Gasteiger partial charge in [0.1, 0.15) is 4.88 Å². The molecule has 1 aliphatic heterocycles. The summed E-state index contributed by atoms with van der Waals surface area (Å²) in [7, 11) is 0. The summed E-state index contributed by atoms with van der Waals surface area (Å²) in [6.07, 6.45) is -1.08. The Morgan fingerprint density at radius 1 is 1.28 bits per heavy atom. The molecule has 0 radical (unpaired) electrons. The first-order valence-corrected chi connectivity index (χ1v) is 11.3. The number of hydrogen-bond acceptors (Lipinski definition) is 7. The van der Waals surface area contributed by atoms with Crippen molar-refractivity contribution in [2.75, 3.05) is 13.1 Å². The molecule has 3 aromatic rings. The van der Waals surface area contributed by atoms with Gasteiger partial charge < -0.3 is 10.8 Å². The lowest BCUT2D eigenvalue weighted by Gasteiger charge is -2.30. The molecule has 1 fully saturated rings. The molecule has 0 atom stereocenters. The van der Waals surface area contributed by atoms with Crippen LogP contribution in [-0.2, 0) is 11.3 Å². The summed E-state index contributed by atoms with van der Waals surface area (Å²) in [5.74, 6) is -2.68. The molecular weight excluding hydrogens is 465 g/mol. The molecule has 7 nitrogen and oxygen atoms in total. The maximum Gasteiger partial charge on any atom is 0.490 e. The first-order chi connectivity index (χ1) is 15.0. The molecule has 0 saturated carbocycles. The summed E-state index contributed by atoms with van der Waals surface area (Å²) >= 11 is 3.30. The molecule has 1 aliphatic rings. The van der Waals surface area contributed by atoms with Crippen LogP contribution in [0.15, 0.2) is 24.4 Å². The number of rotatable bonds is 4. The monoisotopic (exact) mass is 486 g/mol. The van der Waals surface area contributed by atoms with Crippen molar-refractivity contribution < 1.29 is 27.9 Å². The molecule has 0 aliphatic carbocycles. The minimum atomic E-state index is -5.08. The zero-order valence-corrected chi connectivity index (χ0v) is 18.7. The highest BCUT2D eigenvalue weighted by molar-refractivity contribution is 7.19. The lowest BCUT2D eigenvalue weighted by Crippen LogP contribution is -2.32. The second-order valence-electron chi connectivity index (χ2n) is 7.28. The van der Waals surface area contributed by atoms with Crippen molar-refractivity contribution in [1.82, 2.24) is 14.9 Å². The number of thiazole rings is 1. The first kappa shape index (κ1) is 24.1. The number of primary amides is 1. The first-order valence-electron chi connectivity index (χ1n) is 9.67. The number of fused-ring (bicyclic) bond motifs is 1. The molecule has 12 heteroatoms. The molecule has 0 spiro atoms. The maximum atomic E-state index is 11.4. The highest BCUT2D eigenvalue weighted by atomic mass is 32.1. The van der Waals surface area contributed by atoms with Crippen molar-refractivity contribution in [3.05, 3.63) is 44.9 Å². The van der Waals surface area contributed by atoms with E-state index < -0.39 is 12.1 Å². The second-order valence-corrected chi connectivity index (χ2v) is 9.48. The number of pyridine rings is 1. The standard InChI is InChI=1S/C18H20N4OS2.C2HF3O2/c1-11-16(17(19)23)25-18(21-11)12-4-7-22(8-5-12)10-13-9-14-15(24-13)3-2-6-20-14;3-2(4,5)1(6)7/h2-3,6,9,12H,4-5,7-8,10H2,1H3,(H2,19,23);(H,6,7). The van der Waals surface area contributed by atoms with Crippen LogP contribution in [-0.4, -0.2) is 51.1 Å². The van der Waals surface area contributed by atoms with E-state index in [9.17, 15) is 18.0 Å². The van der Waals surface area contributed by atoms with E-state index in [2.05, 4.69) is 27.0 Å². The Morgan fingerprint density at radius 2 is 1.94 bits per heavy atom. The van der Waals surface area contributed by atoms with Gasteiger partial charge in [0.05, 0.1) is 20.9 Å². The quantitative estimate of drug-likeness (QED) is 0.573. The van der Waals surface area contributed by atoms with E-state index in [0.717, 1.165) is 48.7 Å². The van der Waals surface area contributed by atoms with Crippen molar-refractivity contribution in [2.24, 2.45) is 5.73 Å². The molecule has 1 saturated heterocycles. The molecule has 172 valence electrons. The Kier molecular flexibility index (Phi) is 7.47. The Bertz CT molecular complexity index is 1070. The fourth-order valence-corrected chi connectivity index (χ4v) is 5.53. The largest absolute Gasteiger partial charge is 0.490 e. The molecule has 4 heterocycles. The van der Waals surface area contributed by atoms with Crippen LogP contribution in [0.1, 0.15) is 44.0 Å². The molecule has 0 bridgehead atoms. The fourth-order valence-electron chi connectivity index (χ4n) is 3.38. The van der Waals surface area contributed by atoms with Crippen LogP contribution >= 0.6 is 22.7 Å². The predicted molar refractivity (Wildman–Crippen MR) is 116 cm³/mol. The average molecular weight is 487 g/mol. The number of amides is 1. The number of halogens is 3. The van der Waals surface area contributed by atoms with Crippen LogP contribution in [0.3, 0.4) is 0 Å². The van der Waals surface area contributed by atoms with Gasteiger partial charge in [-0.15, -0.1) is 22.7 Å². The van der Waals surface area contributed by atoms with E-state index in [1.54, 1.807) is 0 Å². The van der Waals surface area contributed by atoms with Crippen molar-refractivity contribution in [2.45, 2.75) is 38.4 Å². The summed E-state index contributed by atoms with van der Waals surface area (Å²) in [5, 5.41) is 8.19. The van der Waals surface area contributed by atoms with Crippen molar-refractivity contribution in [3.8, 4) is 0 Å². The van der Waals surface area contributed by atoms with E-state index in [-0.39, 0.29) is 5.91 Å². The fraction of sp³-hybridized carbons (Fsp3) is 0.400. The Balaban J connectivity index is 0.000000360. The normalized spacial score (nSPS) is 15.4. The molecular formula is C20H21F3N4O3S2. The number of aliphatic carboxylic acids is 1. The Morgan fingerprint density at radius 3 is 2.47 bits per heavy atom. The highest BCUT2D eigenvalue weighted by Gasteiger charge is 2.38. The average Bonchev–Trinajstić information content (AvgIpc) is 3.31. The number of piperidine rings is 1. The van der Waals surface area contributed by atoms with Crippen molar-refractivity contribution in [1.29, 1.82) is 0 Å². The summed E-state index contributed by atoms with van der Waals surface area (Å²) < 4.78 is 33.0. The van der Waals surface area contributed by atoms with E-state index in [0.29, 0.717) is 10.8 Å². The molecule has 3 aromatic heterocycles. The molecule has 4 rings (SSSR count). The van der Waals surface area contributed by atoms with Gasteiger partial charge in [0, 0.05) is 23.5 Å². The van der Waals surface area contributed by atoms with Gasteiger partial charge in [-0.3, -0.25) is 14.7 Å². The third-order valence-electron chi connectivity index (χ3n) is 4.93. The van der Waals surface area contributed by atoms with E-state index in [4.69, 9.17) is 15.6 Å². The third-order valence-corrected chi connectivity index (χ3v) is 7.34. The van der Waals surface area contributed by atoms with Gasteiger partial charge in [0.15, 0.2) is 0 Å². The lowest BCUT2D eigenvalue weighted by atomic mass is 9.97. The summed E-state index contributed by atoms with van der Waals surface area (Å²) in [6.45, 7) is 4.95. The van der Waals surface area contributed by atoms with E-state index in [1.165, 1.54) is 20.9 Å². The van der Waals surface area contributed by atoms with Crippen LogP contribution in [0, 0.1) is 6.92 Å². The van der Waals surface area contributed by atoms with Gasteiger partial charge in [-0.1, -0.05) is 0 Å². The summed E-state index contributed by atoms with van der Waals surface area (Å²) in [5.41, 5.74) is 7.28. The minimum Gasteiger partial charge on any atom is -0.475 e. The molecule has 1 amide bonds. The van der Waals surface area contributed by atoms with Gasteiger partial charge in [0.25, 0.3) is 5.91 Å². The number of nitrogens with zero attached hydrogens (tertiary/aromatic N) is 3. The number of aromatic nitrogens is 2. The minimum absolute atomic E-state index is 0.364. The number of carboxylic acid groups (broad SMARTS) is 1.